The number of alkyl carbamates (subject to hydrolysis) is 1. The van der Waals surface area contributed by atoms with Gasteiger partial charge in [-0.3, -0.25) is 0 Å². The Labute approximate surface area is 105 Å². The Morgan fingerprint density at radius 2 is 1.94 bits per heavy atom. The molecule has 1 N–H and O–H groups in total. The van der Waals surface area contributed by atoms with Gasteiger partial charge < -0.3 is 15.0 Å². The van der Waals surface area contributed by atoms with Crippen molar-refractivity contribution >= 4 is 6.09 Å². The Kier molecular flexibility index (Phi) is 5.25. The van der Waals surface area contributed by atoms with Crippen molar-refractivity contribution in [2.45, 2.75) is 58.1 Å². The molecule has 0 aromatic heterocycles. The number of nitrogens with zero attached hydrogens (tertiary/aromatic N) is 1. The van der Waals surface area contributed by atoms with Gasteiger partial charge in [-0.15, -0.1) is 0 Å². The third-order valence-electron chi connectivity index (χ3n) is 3.08. The van der Waals surface area contributed by atoms with Gasteiger partial charge in [-0.2, -0.15) is 0 Å². The highest BCUT2D eigenvalue weighted by Gasteiger charge is 2.19. The van der Waals surface area contributed by atoms with E-state index >= 15 is 0 Å². The first kappa shape index (κ1) is 14.3. The minimum absolute atomic E-state index is 0.322. The second-order valence-corrected chi connectivity index (χ2v) is 5.85. The molecule has 4 nitrogen and oxygen atoms in total. The van der Waals surface area contributed by atoms with E-state index in [9.17, 15) is 4.79 Å². The number of hydrogen-bond acceptors (Lipinski definition) is 3. The van der Waals surface area contributed by atoms with Crippen LogP contribution < -0.4 is 5.32 Å². The molecule has 1 rings (SSSR count). The van der Waals surface area contributed by atoms with Gasteiger partial charge in [0.05, 0.1) is 0 Å². The van der Waals surface area contributed by atoms with Crippen molar-refractivity contribution in [3.05, 3.63) is 0 Å². The topological polar surface area (TPSA) is 41.6 Å². The van der Waals surface area contributed by atoms with Gasteiger partial charge >= 0.3 is 6.09 Å². The van der Waals surface area contributed by atoms with Crippen molar-refractivity contribution in [3.63, 3.8) is 0 Å². The second-order valence-electron chi connectivity index (χ2n) is 5.85. The van der Waals surface area contributed by atoms with Crippen LogP contribution in [0.5, 0.6) is 0 Å². The van der Waals surface area contributed by atoms with E-state index in [0.29, 0.717) is 12.6 Å². The summed E-state index contributed by atoms with van der Waals surface area (Å²) < 4.78 is 5.18. The van der Waals surface area contributed by atoms with Crippen molar-refractivity contribution < 1.29 is 9.53 Å². The van der Waals surface area contributed by atoms with Crippen LogP contribution in [0.2, 0.25) is 0 Å². The first-order valence-electron chi connectivity index (χ1n) is 6.55. The zero-order chi connectivity index (χ0) is 12.9. The van der Waals surface area contributed by atoms with Crippen LogP contribution in [0, 0.1) is 0 Å². The van der Waals surface area contributed by atoms with Crippen LogP contribution >= 0.6 is 0 Å². The number of carbonyl (C=O) groups is 1. The Bertz CT molecular complexity index is 242. The number of likely N-dealkylation sites (N-methyl/N-ethyl adjacent to an activating group) is 1. The zero-order valence-electron chi connectivity index (χ0n) is 11.6. The molecule has 0 unspecified atom stereocenters. The van der Waals surface area contributed by atoms with E-state index < -0.39 is 5.60 Å². The third-order valence-corrected chi connectivity index (χ3v) is 3.08. The molecule has 1 fully saturated rings. The lowest BCUT2D eigenvalue weighted by molar-refractivity contribution is 0.0521. The highest BCUT2D eigenvalue weighted by Crippen LogP contribution is 2.21. The molecule has 0 radical (unpaired) electrons. The van der Waals surface area contributed by atoms with Crippen LogP contribution in [0.4, 0.5) is 4.79 Å². The first-order chi connectivity index (χ1) is 7.88. The van der Waals surface area contributed by atoms with Crippen LogP contribution in [-0.2, 0) is 4.74 Å². The minimum Gasteiger partial charge on any atom is -0.444 e. The molecule has 4 heteroatoms. The summed E-state index contributed by atoms with van der Waals surface area (Å²) in [6.45, 7) is 7.16. The maximum absolute atomic E-state index is 11.4. The number of ether oxygens (including phenoxy) is 1. The number of hydrogen-bond donors (Lipinski definition) is 1. The summed E-state index contributed by atoms with van der Waals surface area (Å²) in [5, 5.41) is 2.79. The van der Waals surface area contributed by atoms with E-state index in [1.54, 1.807) is 0 Å². The number of carbonyl (C=O) groups excluding carboxylic acids is 1. The summed E-state index contributed by atoms with van der Waals surface area (Å²) in [4.78, 5) is 13.7. The van der Waals surface area contributed by atoms with Crippen LogP contribution in [0.15, 0.2) is 0 Å². The van der Waals surface area contributed by atoms with Gasteiger partial charge in [0, 0.05) is 19.1 Å². The van der Waals surface area contributed by atoms with Crippen LogP contribution in [0.3, 0.4) is 0 Å². The largest absolute Gasteiger partial charge is 0.444 e. The summed E-state index contributed by atoms with van der Waals surface area (Å²) in [5.74, 6) is 0. The van der Waals surface area contributed by atoms with E-state index in [1.807, 2.05) is 20.8 Å². The van der Waals surface area contributed by atoms with Crippen LogP contribution in [0.1, 0.15) is 46.5 Å². The van der Waals surface area contributed by atoms with E-state index in [4.69, 9.17) is 4.74 Å². The van der Waals surface area contributed by atoms with Gasteiger partial charge in [0.1, 0.15) is 5.60 Å². The van der Waals surface area contributed by atoms with Crippen molar-refractivity contribution in [1.29, 1.82) is 0 Å². The smallest absolute Gasteiger partial charge is 0.407 e. The van der Waals surface area contributed by atoms with Gasteiger partial charge in [-0.25, -0.2) is 4.79 Å². The molecule has 0 spiro atoms. The fourth-order valence-electron chi connectivity index (χ4n) is 2.18. The molecule has 0 atom stereocenters. The summed E-state index contributed by atoms with van der Waals surface area (Å²) in [5.41, 5.74) is -0.415. The molecule has 1 aliphatic carbocycles. The number of amides is 1. The van der Waals surface area contributed by atoms with Crippen LogP contribution in [0.25, 0.3) is 0 Å². The van der Waals surface area contributed by atoms with Gasteiger partial charge in [0.15, 0.2) is 0 Å². The predicted molar refractivity (Wildman–Crippen MR) is 69.1 cm³/mol. The van der Waals surface area contributed by atoms with Gasteiger partial charge in [-0.1, -0.05) is 12.8 Å². The minimum atomic E-state index is -0.415. The van der Waals surface area contributed by atoms with Gasteiger partial charge in [0.25, 0.3) is 0 Å². The molecule has 0 aliphatic heterocycles. The average molecular weight is 242 g/mol. The molecule has 0 saturated heterocycles. The monoisotopic (exact) mass is 242 g/mol. The molecule has 0 aromatic rings. The highest BCUT2D eigenvalue weighted by atomic mass is 16.6. The Balaban J connectivity index is 2.12. The zero-order valence-corrected chi connectivity index (χ0v) is 11.6. The molecular weight excluding hydrogens is 216 g/mol. The maximum atomic E-state index is 11.4. The summed E-state index contributed by atoms with van der Waals surface area (Å²) in [7, 11) is 2.13. The van der Waals surface area contributed by atoms with Crippen molar-refractivity contribution in [2.75, 3.05) is 20.1 Å². The maximum Gasteiger partial charge on any atom is 0.407 e. The summed E-state index contributed by atoms with van der Waals surface area (Å²) in [6.07, 6.45) is 4.95. The van der Waals surface area contributed by atoms with Crippen molar-refractivity contribution in [3.8, 4) is 0 Å². The fourth-order valence-corrected chi connectivity index (χ4v) is 2.18. The average Bonchev–Trinajstić information content (AvgIpc) is 2.66. The van der Waals surface area contributed by atoms with E-state index in [0.717, 1.165) is 6.54 Å². The molecule has 1 saturated carbocycles. The van der Waals surface area contributed by atoms with Gasteiger partial charge in [-0.05, 0) is 40.7 Å². The first-order valence-corrected chi connectivity index (χ1v) is 6.55. The van der Waals surface area contributed by atoms with E-state index in [1.165, 1.54) is 25.7 Å². The molecule has 0 bridgehead atoms. The number of rotatable bonds is 4. The van der Waals surface area contributed by atoms with E-state index in [-0.39, 0.29) is 6.09 Å². The summed E-state index contributed by atoms with van der Waals surface area (Å²) in [6, 6.07) is 0.704. The Morgan fingerprint density at radius 1 is 1.35 bits per heavy atom. The van der Waals surface area contributed by atoms with Gasteiger partial charge in [0.2, 0.25) is 0 Å². The SMILES string of the molecule is CN(CCNC(=O)OC(C)(C)C)C1CCCC1. The molecule has 0 aromatic carbocycles. The standard InChI is InChI=1S/C13H26N2O2/c1-13(2,3)17-12(16)14-9-10-15(4)11-7-5-6-8-11/h11H,5-10H2,1-4H3,(H,14,16). The lowest BCUT2D eigenvalue weighted by Gasteiger charge is -2.24. The van der Waals surface area contributed by atoms with Crippen LogP contribution in [-0.4, -0.2) is 42.8 Å². The van der Waals surface area contributed by atoms with Crippen molar-refractivity contribution in [2.24, 2.45) is 0 Å². The molecule has 1 amide bonds. The molecule has 17 heavy (non-hydrogen) atoms. The lowest BCUT2D eigenvalue weighted by atomic mass is 10.2. The molecular formula is C13H26N2O2. The molecule has 1 aliphatic rings. The fraction of sp³-hybridized carbons (Fsp3) is 0.923. The Hall–Kier alpha value is -0.770. The van der Waals surface area contributed by atoms with Crippen molar-refractivity contribution in [1.82, 2.24) is 10.2 Å². The highest BCUT2D eigenvalue weighted by molar-refractivity contribution is 5.67. The second kappa shape index (κ2) is 6.24. The normalized spacial score (nSPS) is 17.5. The molecule has 0 heterocycles. The summed E-state index contributed by atoms with van der Waals surface area (Å²) >= 11 is 0. The number of nitrogens with one attached hydrogen (secondary N) is 1. The third kappa shape index (κ3) is 5.91. The van der Waals surface area contributed by atoms with E-state index in [2.05, 4.69) is 17.3 Å². The molecule has 100 valence electrons. The predicted octanol–water partition coefficient (Wildman–Crippen LogP) is 2.39. The quantitative estimate of drug-likeness (QED) is 0.823. The Morgan fingerprint density at radius 3 is 2.47 bits per heavy atom. The lowest BCUT2D eigenvalue weighted by Crippen LogP contribution is -2.39.